The Bertz CT molecular complexity index is 956. The van der Waals surface area contributed by atoms with Crippen LogP contribution in [0.2, 0.25) is 0 Å². The summed E-state index contributed by atoms with van der Waals surface area (Å²) < 4.78 is 13.8. The van der Waals surface area contributed by atoms with Gasteiger partial charge in [-0.15, -0.1) is 0 Å². The highest BCUT2D eigenvalue weighted by atomic mass is 32.1. The van der Waals surface area contributed by atoms with Crippen LogP contribution in [0.4, 0.5) is 0 Å². The van der Waals surface area contributed by atoms with Crippen molar-refractivity contribution in [3.8, 4) is 11.5 Å². The average molecular weight is 342 g/mol. The topological polar surface area (TPSA) is 52.8 Å². The highest BCUT2D eigenvalue weighted by Gasteiger charge is 2.13. The minimum absolute atomic E-state index is 0.326. The van der Waals surface area contributed by atoms with E-state index in [2.05, 4.69) is 4.99 Å². The molecule has 0 bridgehead atoms. The van der Waals surface area contributed by atoms with E-state index in [-0.39, 0.29) is 5.91 Å². The van der Waals surface area contributed by atoms with E-state index in [0.717, 1.165) is 16.0 Å². The van der Waals surface area contributed by atoms with Crippen molar-refractivity contribution in [3.05, 3.63) is 52.8 Å². The van der Waals surface area contributed by atoms with E-state index in [4.69, 9.17) is 9.47 Å². The Kier molecular flexibility index (Phi) is 4.66. The van der Waals surface area contributed by atoms with Crippen LogP contribution in [0.1, 0.15) is 17.3 Å². The number of thiazole rings is 1. The van der Waals surface area contributed by atoms with E-state index in [9.17, 15) is 4.79 Å². The van der Waals surface area contributed by atoms with E-state index in [1.165, 1.54) is 11.3 Å². The van der Waals surface area contributed by atoms with Gasteiger partial charge in [-0.3, -0.25) is 4.79 Å². The van der Waals surface area contributed by atoms with E-state index in [0.29, 0.717) is 22.7 Å². The zero-order chi connectivity index (χ0) is 17.1. The van der Waals surface area contributed by atoms with Crippen molar-refractivity contribution in [2.75, 3.05) is 13.7 Å². The number of fused-ring (bicyclic) bond motifs is 1. The molecule has 1 heterocycles. The van der Waals surface area contributed by atoms with Crippen molar-refractivity contribution >= 4 is 27.5 Å². The highest BCUT2D eigenvalue weighted by molar-refractivity contribution is 7.16. The summed E-state index contributed by atoms with van der Waals surface area (Å²) in [5.74, 6) is 0.984. The zero-order valence-electron chi connectivity index (χ0n) is 13.8. The largest absolute Gasteiger partial charge is 0.496 e. The summed E-state index contributed by atoms with van der Waals surface area (Å²) in [5.41, 5.74) is 1.39. The second-order valence-electron chi connectivity index (χ2n) is 5.10. The summed E-state index contributed by atoms with van der Waals surface area (Å²) in [6, 6.07) is 12.9. The molecule has 124 valence electrons. The lowest BCUT2D eigenvalue weighted by Gasteiger charge is -2.06. The molecule has 0 aliphatic heterocycles. The lowest BCUT2D eigenvalue weighted by Crippen LogP contribution is -2.14. The van der Waals surface area contributed by atoms with Crippen molar-refractivity contribution < 1.29 is 14.3 Å². The normalized spacial score (nSPS) is 11.7. The van der Waals surface area contributed by atoms with Gasteiger partial charge in [0.25, 0.3) is 5.91 Å². The van der Waals surface area contributed by atoms with Gasteiger partial charge in [0.2, 0.25) is 0 Å². The summed E-state index contributed by atoms with van der Waals surface area (Å²) in [7, 11) is 3.43. The van der Waals surface area contributed by atoms with E-state index >= 15 is 0 Å². The Balaban J connectivity index is 2.12. The van der Waals surface area contributed by atoms with Gasteiger partial charge in [0.15, 0.2) is 4.80 Å². The van der Waals surface area contributed by atoms with Crippen LogP contribution >= 0.6 is 11.3 Å². The maximum absolute atomic E-state index is 12.5. The van der Waals surface area contributed by atoms with Crippen LogP contribution in [-0.2, 0) is 7.05 Å². The molecule has 0 saturated heterocycles. The van der Waals surface area contributed by atoms with E-state index in [1.54, 1.807) is 25.3 Å². The number of methoxy groups -OCH3 is 1. The van der Waals surface area contributed by atoms with Crippen molar-refractivity contribution in [1.82, 2.24) is 4.57 Å². The first-order valence-corrected chi connectivity index (χ1v) is 8.40. The van der Waals surface area contributed by atoms with Crippen molar-refractivity contribution in [1.29, 1.82) is 0 Å². The number of benzene rings is 2. The molecule has 5 nitrogen and oxygen atoms in total. The number of carbonyl (C=O) groups is 1. The summed E-state index contributed by atoms with van der Waals surface area (Å²) in [6.07, 6.45) is 0. The third-order valence-corrected chi connectivity index (χ3v) is 4.72. The van der Waals surface area contributed by atoms with Crippen molar-refractivity contribution in [2.24, 2.45) is 12.0 Å². The molecule has 3 aromatic rings. The molecule has 3 rings (SSSR count). The molecule has 1 amide bonds. The highest BCUT2D eigenvalue weighted by Crippen LogP contribution is 2.27. The second-order valence-corrected chi connectivity index (χ2v) is 6.11. The quantitative estimate of drug-likeness (QED) is 0.730. The van der Waals surface area contributed by atoms with Gasteiger partial charge in [0.1, 0.15) is 17.0 Å². The number of rotatable bonds is 4. The van der Waals surface area contributed by atoms with E-state index < -0.39 is 0 Å². The zero-order valence-corrected chi connectivity index (χ0v) is 14.6. The van der Waals surface area contributed by atoms with Gasteiger partial charge in [0.05, 0.1) is 24.0 Å². The molecular weight excluding hydrogens is 324 g/mol. The molecule has 0 aliphatic rings. The third kappa shape index (κ3) is 2.92. The Morgan fingerprint density at radius 2 is 1.92 bits per heavy atom. The van der Waals surface area contributed by atoms with Gasteiger partial charge in [0, 0.05) is 7.05 Å². The average Bonchev–Trinajstić information content (AvgIpc) is 2.92. The fraction of sp³-hybridized carbons (Fsp3) is 0.222. The maximum Gasteiger partial charge on any atom is 0.283 e. The Hall–Kier alpha value is -2.60. The standard InChI is InChI=1S/C18H18N2O3S/c1-4-23-14-10-7-11-15-16(14)20(2)18(24-15)19-17(21)12-8-5-6-9-13(12)22-3/h5-11H,4H2,1-3H3. The number of carbonyl (C=O) groups excluding carboxylic acids is 1. The number of para-hydroxylation sites is 2. The molecule has 0 spiro atoms. The minimum atomic E-state index is -0.326. The molecule has 1 aromatic heterocycles. The summed E-state index contributed by atoms with van der Waals surface area (Å²) >= 11 is 1.46. The number of nitrogens with zero attached hydrogens (tertiary/aromatic N) is 2. The predicted molar refractivity (Wildman–Crippen MR) is 94.9 cm³/mol. The molecule has 0 atom stereocenters. The summed E-state index contributed by atoms with van der Waals surface area (Å²) in [6.45, 7) is 2.53. The Labute approximate surface area is 143 Å². The Morgan fingerprint density at radius 3 is 2.67 bits per heavy atom. The number of ether oxygens (including phenoxy) is 2. The lowest BCUT2D eigenvalue weighted by atomic mass is 10.2. The van der Waals surface area contributed by atoms with Gasteiger partial charge in [-0.1, -0.05) is 29.5 Å². The number of amides is 1. The van der Waals surface area contributed by atoms with Gasteiger partial charge in [-0.2, -0.15) is 4.99 Å². The SMILES string of the molecule is CCOc1cccc2sc(=NC(=O)c3ccccc3OC)n(C)c12. The van der Waals surface area contributed by atoms with Crippen LogP contribution in [-0.4, -0.2) is 24.2 Å². The second kappa shape index (κ2) is 6.88. The van der Waals surface area contributed by atoms with Crippen molar-refractivity contribution in [2.45, 2.75) is 6.92 Å². The molecular formula is C18H18N2O3S. The smallest absolute Gasteiger partial charge is 0.283 e. The van der Waals surface area contributed by atoms with Crippen LogP contribution in [0.25, 0.3) is 10.2 Å². The van der Waals surface area contributed by atoms with Crippen LogP contribution in [0.15, 0.2) is 47.5 Å². The predicted octanol–water partition coefficient (Wildman–Crippen LogP) is 3.39. The van der Waals surface area contributed by atoms with Crippen LogP contribution in [0.5, 0.6) is 11.5 Å². The third-order valence-electron chi connectivity index (χ3n) is 3.62. The first-order chi connectivity index (χ1) is 11.7. The van der Waals surface area contributed by atoms with Crippen LogP contribution in [0.3, 0.4) is 0 Å². The molecule has 2 aromatic carbocycles. The minimum Gasteiger partial charge on any atom is -0.496 e. The van der Waals surface area contributed by atoms with Gasteiger partial charge in [-0.05, 0) is 31.2 Å². The lowest BCUT2D eigenvalue weighted by molar-refractivity contribution is 0.0995. The Morgan fingerprint density at radius 1 is 1.17 bits per heavy atom. The summed E-state index contributed by atoms with van der Waals surface area (Å²) in [5, 5.41) is 0. The fourth-order valence-corrected chi connectivity index (χ4v) is 3.55. The van der Waals surface area contributed by atoms with Crippen molar-refractivity contribution in [3.63, 3.8) is 0 Å². The van der Waals surface area contributed by atoms with Gasteiger partial charge in [-0.25, -0.2) is 0 Å². The number of aryl methyl sites for hydroxylation is 1. The molecule has 0 fully saturated rings. The molecule has 0 saturated carbocycles. The summed E-state index contributed by atoms with van der Waals surface area (Å²) in [4.78, 5) is 17.5. The molecule has 0 unspecified atom stereocenters. The van der Waals surface area contributed by atoms with Crippen LogP contribution < -0.4 is 14.3 Å². The van der Waals surface area contributed by atoms with E-state index in [1.807, 2.05) is 42.8 Å². The fourth-order valence-electron chi connectivity index (χ4n) is 2.52. The number of hydrogen-bond acceptors (Lipinski definition) is 4. The maximum atomic E-state index is 12.5. The first kappa shape index (κ1) is 16.3. The number of aromatic nitrogens is 1. The molecule has 0 radical (unpaired) electrons. The molecule has 24 heavy (non-hydrogen) atoms. The monoisotopic (exact) mass is 342 g/mol. The van der Waals surface area contributed by atoms with Gasteiger partial charge < -0.3 is 14.0 Å². The first-order valence-electron chi connectivity index (χ1n) is 7.59. The molecule has 6 heteroatoms. The molecule has 0 aliphatic carbocycles. The number of hydrogen-bond donors (Lipinski definition) is 0. The molecule has 0 N–H and O–H groups in total. The van der Waals surface area contributed by atoms with Crippen LogP contribution in [0, 0.1) is 0 Å². The van der Waals surface area contributed by atoms with Gasteiger partial charge >= 0.3 is 0 Å².